The second kappa shape index (κ2) is 16.8. The molecule has 2 fully saturated rings. The Balaban J connectivity index is 1.49. The minimum atomic E-state index is -1.07. The number of carboxylic acids is 1. The minimum absolute atomic E-state index is 0.0748. The number of aromatic nitrogens is 1. The Hall–Kier alpha value is -4.19. The number of hydrogen-bond acceptors (Lipinski definition) is 8. The van der Waals surface area contributed by atoms with Crippen LogP contribution < -0.4 is 10.2 Å². The van der Waals surface area contributed by atoms with E-state index in [1.807, 2.05) is 36.4 Å². The van der Waals surface area contributed by atoms with E-state index in [4.69, 9.17) is 9.47 Å². The van der Waals surface area contributed by atoms with Crippen LogP contribution in [0.1, 0.15) is 62.4 Å². The largest absolute Gasteiger partial charge is 0.481 e. The first-order valence-corrected chi connectivity index (χ1v) is 15.9. The molecule has 2 atom stereocenters. The van der Waals surface area contributed by atoms with Gasteiger partial charge in [-0.2, -0.15) is 0 Å². The topological polar surface area (TPSA) is 142 Å². The van der Waals surface area contributed by atoms with Gasteiger partial charge in [-0.1, -0.05) is 50.1 Å². The molecule has 3 heterocycles. The van der Waals surface area contributed by atoms with Crippen LogP contribution in [-0.2, 0) is 19.1 Å². The predicted octanol–water partition coefficient (Wildman–Crippen LogP) is 3.80. The second-order valence-electron chi connectivity index (χ2n) is 11.5. The molecule has 12 nitrogen and oxygen atoms in total. The van der Waals surface area contributed by atoms with Gasteiger partial charge in [0.05, 0.1) is 18.4 Å². The van der Waals surface area contributed by atoms with E-state index in [0.717, 1.165) is 49.9 Å². The third-order valence-corrected chi connectivity index (χ3v) is 8.26. The summed E-state index contributed by atoms with van der Waals surface area (Å²) in [6.07, 6.45) is 4.02. The quantitative estimate of drug-likeness (QED) is 0.319. The van der Waals surface area contributed by atoms with Crippen LogP contribution in [0.25, 0.3) is 11.3 Å². The van der Waals surface area contributed by atoms with E-state index < -0.39 is 24.0 Å². The number of nitrogens with one attached hydrogen (secondary N) is 1. The molecule has 2 aliphatic rings. The standard InChI is InChI=1S/C33H45N5O7/c1-3-4-8-20-45-33(43)37-18-16-36(17-19-37)32(42)27(13-14-30(39)40)35-31(41)29-22-25(38-15-9-12-26(23-38)44-2)21-28(34-29)24-10-6-5-7-11-24/h5-7,10-11,21-22,26-27H,3-4,8-9,12-20,23H2,1-2H3,(H,35,41)(H,39,40)/t26?,27-/m0/s1. The minimum Gasteiger partial charge on any atom is -0.481 e. The lowest BCUT2D eigenvalue weighted by Gasteiger charge is -2.36. The lowest BCUT2D eigenvalue weighted by atomic mass is 10.1. The normalized spacial score (nSPS) is 17.5. The lowest BCUT2D eigenvalue weighted by Crippen LogP contribution is -2.56. The number of piperidine rings is 1. The summed E-state index contributed by atoms with van der Waals surface area (Å²) in [6, 6.07) is 12.1. The monoisotopic (exact) mass is 623 g/mol. The number of methoxy groups -OCH3 is 1. The Kier molecular flexibility index (Phi) is 12.6. The highest BCUT2D eigenvalue weighted by Gasteiger charge is 2.31. The van der Waals surface area contributed by atoms with Gasteiger partial charge in [-0.25, -0.2) is 9.78 Å². The molecule has 4 rings (SSSR count). The molecule has 244 valence electrons. The fourth-order valence-electron chi connectivity index (χ4n) is 5.63. The number of unbranched alkanes of at least 4 members (excludes halogenated alkanes) is 2. The Bertz CT molecular complexity index is 1300. The highest BCUT2D eigenvalue weighted by Crippen LogP contribution is 2.27. The number of benzene rings is 1. The third kappa shape index (κ3) is 9.65. The van der Waals surface area contributed by atoms with Gasteiger partial charge in [-0.15, -0.1) is 0 Å². The maximum Gasteiger partial charge on any atom is 0.409 e. The van der Waals surface area contributed by atoms with E-state index in [-0.39, 0.29) is 43.6 Å². The molecule has 3 amide bonds. The molecule has 1 unspecified atom stereocenters. The number of nitrogens with zero attached hydrogens (tertiary/aromatic N) is 4. The molecular weight excluding hydrogens is 578 g/mol. The maximum atomic E-state index is 13.7. The Morgan fingerprint density at radius 2 is 1.76 bits per heavy atom. The number of hydrogen-bond donors (Lipinski definition) is 2. The van der Waals surface area contributed by atoms with Gasteiger partial charge in [0.15, 0.2) is 0 Å². The summed E-state index contributed by atoms with van der Waals surface area (Å²) in [5.41, 5.74) is 2.41. The van der Waals surface area contributed by atoms with Crippen molar-refractivity contribution >= 4 is 29.6 Å². The molecule has 0 aliphatic carbocycles. The number of amides is 3. The van der Waals surface area contributed by atoms with Crippen molar-refractivity contribution < 1.29 is 33.8 Å². The smallest absolute Gasteiger partial charge is 0.409 e. The summed E-state index contributed by atoms with van der Waals surface area (Å²) in [5, 5.41) is 12.2. The molecule has 1 aromatic heterocycles. The van der Waals surface area contributed by atoms with Crippen LogP contribution in [-0.4, -0.2) is 109 Å². The number of carboxylic acid groups (broad SMARTS) is 1. The highest BCUT2D eigenvalue weighted by molar-refractivity contribution is 5.97. The Morgan fingerprint density at radius 1 is 1.02 bits per heavy atom. The van der Waals surface area contributed by atoms with Gasteiger partial charge in [0.1, 0.15) is 11.7 Å². The summed E-state index contributed by atoms with van der Waals surface area (Å²) in [4.78, 5) is 61.1. The second-order valence-corrected chi connectivity index (χ2v) is 11.5. The van der Waals surface area contributed by atoms with E-state index in [1.165, 1.54) is 0 Å². The molecule has 45 heavy (non-hydrogen) atoms. The maximum absolute atomic E-state index is 13.7. The van der Waals surface area contributed by atoms with Gasteiger partial charge in [0, 0.05) is 64.0 Å². The molecule has 12 heteroatoms. The number of anilines is 1. The van der Waals surface area contributed by atoms with Gasteiger partial charge in [0.2, 0.25) is 5.91 Å². The molecule has 2 saturated heterocycles. The van der Waals surface area contributed by atoms with Crippen LogP contribution in [0.2, 0.25) is 0 Å². The number of ether oxygens (including phenoxy) is 2. The number of carbonyl (C=O) groups is 4. The lowest BCUT2D eigenvalue weighted by molar-refractivity contribution is -0.138. The third-order valence-electron chi connectivity index (χ3n) is 8.26. The molecule has 0 saturated carbocycles. The molecule has 2 N–H and O–H groups in total. The SMILES string of the molecule is CCCCCOC(=O)N1CCN(C(=O)[C@H](CCC(=O)O)NC(=O)c2cc(N3CCCC(OC)C3)cc(-c3ccccc3)n2)CC1. The molecule has 2 aromatic rings. The summed E-state index contributed by atoms with van der Waals surface area (Å²) in [7, 11) is 1.70. The first-order chi connectivity index (χ1) is 21.8. The van der Waals surface area contributed by atoms with E-state index in [1.54, 1.807) is 23.0 Å². The van der Waals surface area contributed by atoms with Crippen LogP contribution in [0, 0.1) is 0 Å². The van der Waals surface area contributed by atoms with Crippen LogP contribution in [0.3, 0.4) is 0 Å². The fraction of sp³-hybridized carbons (Fsp3) is 0.545. The molecular formula is C33H45N5O7. The van der Waals surface area contributed by atoms with Crippen molar-refractivity contribution in [1.29, 1.82) is 0 Å². The molecule has 0 radical (unpaired) electrons. The number of pyridine rings is 1. The van der Waals surface area contributed by atoms with Crippen LogP contribution in [0.4, 0.5) is 10.5 Å². The first-order valence-electron chi connectivity index (χ1n) is 15.9. The zero-order valence-electron chi connectivity index (χ0n) is 26.3. The van der Waals surface area contributed by atoms with E-state index in [9.17, 15) is 24.3 Å². The Labute approximate surface area is 264 Å². The summed E-state index contributed by atoms with van der Waals surface area (Å²) < 4.78 is 11.0. The first kappa shape index (κ1) is 33.7. The van der Waals surface area contributed by atoms with Crippen LogP contribution >= 0.6 is 0 Å². The van der Waals surface area contributed by atoms with Crippen molar-refractivity contribution in [1.82, 2.24) is 20.1 Å². The van der Waals surface area contributed by atoms with E-state index >= 15 is 0 Å². The number of rotatable bonds is 13. The summed E-state index contributed by atoms with van der Waals surface area (Å²) >= 11 is 0. The predicted molar refractivity (Wildman–Crippen MR) is 169 cm³/mol. The average Bonchev–Trinajstić information content (AvgIpc) is 3.08. The van der Waals surface area contributed by atoms with E-state index in [2.05, 4.69) is 22.1 Å². The van der Waals surface area contributed by atoms with Crippen molar-refractivity contribution in [3.63, 3.8) is 0 Å². The van der Waals surface area contributed by atoms with Crippen LogP contribution in [0.15, 0.2) is 42.5 Å². The highest BCUT2D eigenvalue weighted by atomic mass is 16.6. The van der Waals surface area contributed by atoms with Crippen molar-refractivity contribution in [2.75, 3.05) is 57.9 Å². The van der Waals surface area contributed by atoms with E-state index in [0.29, 0.717) is 31.9 Å². The number of aliphatic carboxylic acids is 1. The van der Waals surface area contributed by atoms with Crippen molar-refractivity contribution in [2.24, 2.45) is 0 Å². The molecule has 0 spiro atoms. The van der Waals surface area contributed by atoms with Gasteiger partial charge < -0.3 is 34.6 Å². The summed E-state index contributed by atoms with van der Waals surface area (Å²) in [6.45, 7) is 5.01. The van der Waals surface area contributed by atoms with Gasteiger partial charge in [0.25, 0.3) is 5.91 Å². The molecule has 2 aliphatic heterocycles. The fourth-order valence-corrected chi connectivity index (χ4v) is 5.63. The van der Waals surface area contributed by atoms with Crippen molar-refractivity contribution in [3.05, 3.63) is 48.2 Å². The molecule has 0 bridgehead atoms. The van der Waals surface area contributed by atoms with Crippen LogP contribution in [0.5, 0.6) is 0 Å². The average molecular weight is 624 g/mol. The Morgan fingerprint density at radius 3 is 2.44 bits per heavy atom. The summed E-state index contributed by atoms with van der Waals surface area (Å²) in [5.74, 6) is -2.02. The van der Waals surface area contributed by atoms with Crippen molar-refractivity contribution in [3.8, 4) is 11.3 Å². The van der Waals surface area contributed by atoms with Crippen molar-refractivity contribution in [2.45, 2.75) is 64.0 Å². The molecule has 1 aromatic carbocycles. The zero-order chi connectivity index (χ0) is 32.2. The van der Waals surface area contributed by atoms with Gasteiger partial charge >= 0.3 is 12.1 Å². The van der Waals surface area contributed by atoms with Gasteiger partial charge in [-0.05, 0) is 37.8 Å². The zero-order valence-corrected chi connectivity index (χ0v) is 26.3. The number of piperazine rings is 1. The van der Waals surface area contributed by atoms with Gasteiger partial charge in [-0.3, -0.25) is 14.4 Å². The number of carbonyl (C=O) groups excluding carboxylic acids is 3.